The average Bonchev–Trinajstić information content (AvgIpc) is 2.59. The molecule has 0 aromatic rings. The Morgan fingerprint density at radius 2 is 1.74 bits per heavy atom. The van der Waals surface area contributed by atoms with Crippen molar-refractivity contribution in [3.8, 4) is 0 Å². The lowest BCUT2D eigenvalue weighted by Crippen LogP contribution is -2.64. The van der Waals surface area contributed by atoms with Crippen LogP contribution in [0.5, 0.6) is 0 Å². The smallest absolute Gasteiger partial charge is 0.365 e. The summed E-state index contributed by atoms with van der Waals surface area (Å²) in [5, 5.41) is 3.27. The van der Waals surface area contributed by atoms with E-state index in [1.54, 1.807) is 0 Å². The Morgan fingerprint density at radius 3 is 2.21 bits per heavy atom. The molecule has 0 heterocycles. The first-order chi connectivity index (χ1) is 8.90. The summed E-state index contributed by atoms with van der Waals surface area (Å²) in [6, 6.07) is 0.316. The van der Waals surface area contributed by atoms with E-state index in [9.17, 15) is 13.2 Å². The fourth-order valence-corrected chi connectivity index (χ4v) is 3.72. The van der Waals surface area contributed by atoms with Crippen LogP contribution in [-0.2, 0) is 4.74 Å². The lowest BCUT2D eigenvalue weighted by atomic mass is 9.58. The van der Waals surface area contributed by atoms with Crippen molar-refractivity contribution >= 4 is 0 Å². The van der Waals surface area contributed by atoms with E-state index in [2.05, 4.69) is 5.32 Å². The molecule has 1 spiro atoms. The molecule has 0 amide bonds. The standard InChI is InChI=1S/C14H24F3NO/c1-10(14(15,16)17)19-12-9-11(18-2)13(12)7-5-3-4-6-8-13/h10-12,18H,3-9H2,1-2H3. The summed E-state index contributed by atoms with van der Waals surface area (Å²) in [4.78, 5) is 0. The number of halogens is 3. The van der Waals surface area contributed by atoms with Gasteiger partial charge in [0, 0.05) is 11.5 Å². The van der Waals surface area contributed by atoms with Crippen LogP contribution in [-0.4, -0.2) is 31.5 Å². The van der Waals surface area contributed by atoms with E-state index >= 15 is 0 Å². The maximum Gasteiger partial charge on any atom is 0.414 e. The molecule has 3 atom stereocenters. The minimum atomic E-state index is -4.25. The monoisotopic (exact) mass is 279 g/mol. The third kappa shape index (κ3) is 2.92. The minimum absolute atomic E-state index is 0.0647. The predicted molar refractivity (Wildman–Crippen MR) is 68.0 cm³/mol. The Morgan fingerprint density at radius 1 is 1.16 bits per heavy atom. The summed E-state index contributed by atoms with van der Waals surface area (Å²) in [5.74, 6) is 0. The number of hydrogen-bond acceptors (Lipinski definition) is 2. The SMILES string of the molecule is CNC1CC(OC(C)C(F)(F)F)C12CCCCCC2. The number of alkyl halides is 3. The maximum absolute atomic E-state index is 12.6. The molecule has 2 fully saturated rings. The van der Waals surface area contributed by atoms with Gasteiger partial charge in [-0.1, -0.05) is 25.7 Å². The fourth-order valence-electron chi connectivity index (χ4n) is 3.72. The van der Waals surface area contributed by atoms with Gasteiger partial charge in [0.1, 0.15) is 0 Å². The zero-order chi connectivity index (χ0) is 14.1. The highest BCUT2D eigenvalue weighted by Crippen LogP contribution is 2.53. The molecular weight excluding hydrogens is 255 g/mol. The van der Waals surface area contributed by atoms with Crippen LogP contribution in [0.15, 0.2) is 0 Å². The van der Waals surface area contributed by atoms with Crippen molar-refractivity contribution < 1.29 is 17.9 Å². The molecule has 2 aliphatic carbocycles. The maximum atomic E-state index is 12.6. The first-order valence-electron chi connectivity index (χ1n) is 7.29. The van der Waals surface area contributed by atoms with Gasteiger partial charge in [0.25, 0.3) is 0 Å². The van der Waals surface area contributed by atoms with Gasteiger partial charge in [0.15, 0.2) is 6.10 Å². The zero-order valence-electron chi connectivity index (χ0n) is 11.7. The number of rotatable bonds is 3. The first kappa shape index (κ1) is 15.1. The molecule has 5 heteroatoms. The molecule has 2 rings (SSSR count). The molecule has 112 valence electrons. The number of nitrogens with one attached hydrogen (secondary N) is 1. The van der Waals surface area contributed by atoms with E-state index in [1.165, 1.54) is 12.8 Å². The summed E-state index contributed by atoms with van der Waals surface area (Å²) in [6.45, 7) is 1.12. The van der Waals surface area contributed by atoms with E-state index in [0.29, 0.717) is 12.5 Å². The highest BCUT2D eigenvalue weighted by molar-refractivity contribution is 5.08. The van der Waals surface area contributed by atoms with Crippen molar-refractivity contribution in [1.29, 1.82) is 0 Å². The summed E-state index contributed by atoms with van der Waals surface area (Å²) >= 11 is 0. The van der Waals surface area contributed by atoms with Crippen molar-refractivity contribution in [2.75, 3.05) is 7.05 Å². The van der Waals surface area contributed by atoms with Gasteiger partial charge in [-0.05, 0) is 33.2 Å². The molecule has 0 aromatic carbocycles. The summed E-state index contributed by atoms with van der Waals surface area (Å²) < 4.78 is 43.3. The molecule has 1 N–H and O–H groups in total. The zero-order valence-corrected chi connectivity index (χ0v) is 11.7. The highest BCUT2D eigenvalue weighted by Gasteiger charge is 2.56. The molecule has 0 bridgehead atoms. The Kier molecular flexibility index (Phi) is 4.45. The van der Waals surface area contributed by atoms with Gasteiger partial charge in [-0.3, -0.25) is 0 Å². The van der Waals surface area contributed by atoms with Crippen LogP contribution in [0.25, 0.3) is 0 Å². The topological polar surface area (TPSA) is 21.3 Å². The predicted octanol–water partition coefficient (Wildman–Crippen LogP) is 3.65. The molecule has 19 heavy (non-hydrogen) atoms. The van der Waals surface area contributed by atoms with Crippen molar-refractivity contribution in [2.24, 2.45) is 5.41 Å². The van der Waals surface area contributed by atoms with Crippen molar-refractivity contribution in [1.82, 2.24) is 5.32 Å². The quantitative estimate of drug-likeness (QED) is 0.851. The third-order valence-electron chi connectivity index (χ3n) is 5.00. The third-order valence-corrected chi connectivity index (χ3v) is 5.00. The molecular formula is C14H24F3NO. The second-order valence-corrected chi connectivity index (χ2v) is 6.03. The number of ether oxygens (including phenoxy) is 1. The lowest BCUT2D eigenvalue weighted by Gasteiger charge is -2.56. The summed E-state index contributed by atoms with van der Waals surface area (Å²) in [6.07, 6.45) is 1.15. The van der Waals surface area contributed by atoms with Gasteiger partial charge >= 0.3 is 6.18 Å². The highest BCUT2D eigenvalue weighted by atomic mass is 19.4. The summed E-state index contributed by atoms with van der Waals surface area (Å²) in [5.41, 5.74) is -0.0647. The van der Waals surface area contributed by atoms with Crippen molar-refractivity contribution in [2.45, 2.75) is 76.3 Å². The van der Waals surface area contributed by atoms with Crippen LogP contribution in [0.4, 0.5) is 13.2 Å². The largest absolute Gasteiger partial charge is 0.414 e. The molecule has 2 nitrogen and oxygen atoms in total. The van der Waals surface area contributed by atoms with Crippen molar-refractivity contribution in [3.05, 3.63) is 0 Å². The van der Waals surface area contributed by atoms with Gasteiger partial charge in [-0.15, -0.1) is 0 Å². The van der Waals surface area contributed by atoms with Crippen LogP contribution in [0, 0.1) is 5.41 Å². The van der Waals surface area contributed by atoms with Crippen molar-refractivity contribution in [3.63, 3.8) is 0 Å². The minimum Gasteiger partial charge on any atom is -0.365 e. The van der Waals surface area contributed by atoms with Crippen LogP contribution < -0.4 is 5.32 Å². The van der Waals surface area contributed by atoms with Gasteiger partial charge < -0.3 is 10.1 Å². The van der Waals surface area contributed by atoms with Gasteiger partial charge in [0.2, 0.25) is 0 Å². The lowest BCUT2D eigenvalue weighted by molar-refractivity contribution is -0.262. The van der Waals surface area contributed by atoms with E-state index in [-0.39, 0.29) is 11.5 Å². The molecule has 0 saturated heterocycles. The van der Waals surface area contributed by atoms with Crippen LogP contribution in [0.3, 0.4) is 0 Å². The van der Waals surface area contributed by atoms with Crippen LogP contribution in [0.1, 0.15) is 51.9 Å². The van der Waals surface area contributed by atoms with Gasteiger partial charge in [-0.25, -0.2) is 0 Å². The Balaban J connectivity index is 2.04. The number of hydrogen-bond donors (Lipinski definition) is 1. The van der Waals surface area contributed by atoms with Crippen LogP contribution >= 0.6 is 0 Å². The average molecular weight is 279 g/mol. The molecule has 0 aliphatic heterocycles. The molecule has 0 aromatic heterocycles. The first-order valence-corrected chi connectivity index (χ1v) is 7.29. The van der Waals surface area contributed by atoms with E-state index < -0.39 is 12.3 Å². The van der Waals surface area contributed by atoms with Gasteiger partial charge in [-0.2, -0.15) is 13.2 Å². The normalized spacial score (nSPS) is 32.7. The Hall–Kier alpha value is -0.290. The Bertz CT molecular complexity index is 298. The Labute approximate surface area is 113 Å². The molecule has 3 unspecified atom stereocenters. The second kappa shape index (κ2) is 5.60. The fraction of sp³-hybridized carbons (Fsp3) is 1.00. The van der Waals surface area contributed by atoms with Gasteiger partial charge in [0.05, 0.1) is 6.10 Å². The molecule has 2 saturated carbocycles. The van der Waals surface area contributed by atoms with E-state index in [0.717, 1.165) is 32.6 Å². The summed E-state index contributed by atoms with van der Waals surface area (Å²) in [7, 11) is 1.90. The molecule has 2 aliphatic rings. The van der Waals surface area contributed by atoms with Crippen LogP contribution in [0.2, 0.25) is 0 Å². The van der Waals surface area contributed by atoms with E-state index in [4.69, 9.17) is 4.74 Å². The molecule has 0 radical (unpaired) electrons. The van der Waals surface area contributed by atoms with E-state index in [1.807, 2.05) is 7.05 Å². The second-order valence-electron chi connectivity index (χ2n) is 6.03.